The summed E-state index contributed by atoms with van der Waals surface area (Å²) in [5, 5.41) is 19.1. The molecule has 92 valence electrons. The van der Waals surface area contributed by atoms with Crippen LogP contribution in [0.3, 0.4) is 0 Å². The molecule has 5 heteroatoms. The molecule has 2 N–H and O–H groups in total. The van der Waals surface area contributed by atoms with E-state index >= 15 is 0 Å². The molecule has 0 saturated heterocycles. The number of fused-ring (bicyclic) bond motifs is 2. The topological polar surface area (TPSA) is 74.6 Å². The van der Waals surface area contributed by atoms with Crippen molar-refractivity contribution in [2.45, 2.75) is 0 Å². The van der Waals surface area contributed by atoms with Gasteiger partial charge in [-0.25, -0.2) is 0 Å². The first-order valence-electron chi connectivity index (χ1n) is 5.34. The number of aromatic hydroxyl groups is 2. The molecule has 1 aliphatic rings. The van der Waals surface area contributed by atoms with Crippen molar-refractivity contribution < 1.29 is 19.8 Å². The Hall–Kier alpha value is -1.70. The predicted octanol–water partition coefficient (Wildman–Crippen LogP) is 1.49. The van der Waals surface area contributed by atoms with Gasteiger partial charge >= 0.3 is 0 Å². The average Bonchev–Trinajstić information content (AvgIpc) is 2.39. The van der Waals surface area contributed by atoms with Gasteiger partial charge in [0.1, 0.15) is 0 Å². The van der Waals surface area contributed by atoms with Crippen LogP contribution < -0.4 is 0 Å². The van der Waals surface area contributed by atoms with E-state index in [2.05, 4.69) is 0 Å². The molecule has 4 nitrogen and oxygen atoms in total. The second-order valence-corrected chi connectivity index (χ2v) is 4.06. The van der Waals surface area contributed by atoms with Crippen molar-refractivity contribution in [3.05, 3.63) is 58.7 Å². The summed E-state index contributed by atoms with van der Waals surface area (Å²) in [6.45, 7) is 0. The van der Waals surface area contributed by atoms with Crippen LogP contribution in [0.2, 0.25) is 0 Å². The summed E-state index contributed by atoms with van der Waals surface area (Å²) in [5.41, 5.74) is 0.559. The number of ketones is 2. The van der Waals surface area contributed by atoms with Crippen molar-refractivity contribution in [3.8, 4) is 11.5 Å². The Morgan fingerprint density at radius 1 is 0.737 bits per heavy atom. The van der Waals surface area contributed by atoms with Crippen molar-refractivity contribution in [3.63, 3.8) is 0 Å². The quantitative estimate of drug-likeness (QED) is 0.405. The molecule has 19 heavy (non-hydrogen) atoms. The molecular formula is C14H8O4Pb. The SMILES string of the molecule is O=C1c2ccccc2C(=O)c2c1ccc(O)c2O.[Pb]. The van der Waals surface area contributed by atoms with E-state index in [1.807, 2.05) is 0 Å². The predicted molar refractivity (Wildman–Crippen MR) is 68.8 cm³/mol. The molecule has 0 atom stereocenters. The minimum atomic E-state index is -0.541. The van der Waals surface area contributed by atoms with E-state index in [1.54, 1.807) is 18.2 Å². The van der Waals surface area contributed by atoms with Gasteiger partial charge < -0.3 is 10.2 Å². The van der Waals surface area contributed by atoms with E-state index < -0.39 is 17.3 Å². The van der Waals surface area contributed by atoms with Crippen LogP contribution >= 0.6 is 0 Å². The van der Waals surface area contributed by atoms with Crippen LogP contribution in [0.15, 0.2) is 36.4 Å². The van der Waals surface area contributed by atoms with Gasteiger partial charge in [0.05, 0.1) is 5.56 Å². The Morgan fingerprint density at radius 3 is 1.95 bits per heavy atom. The second-order valence-electron chi connectivity index (χ2n) is 4.06. The maximum Gasteiger partial charge on any atom is 0.198 e. The third-order valence-electron chi connectivity index (χ3n) is 3.04. The van der Waals surface area contributed by atoms with E-state index in [1.165, 1.54) is 18.2 Å². The molecular weight excluding hydrogens is 439 g/mol. The van der Waals surface area contributed by atoms with E-state index in [0.29, 0.717) is 5.56 Å². The third-order valence-corrected chi connectivity index (χ3v) is 3.04. The van der Waals surface area contributed by atoms with Gasteiger partial charge in [-0.05, 0) is 12.1 Å². The zero-order valence-corrected chi connectivity index (χ0v) is 13.6. The monoisotopic (exact) mass is 448 g/mol. The Bertz CT molecular complexity index is 707. The van der Waals surface area contributed by atoms with E-state index in [4.69, 9.17) is 0 Å². The van der Waals surface area contributed by atoms with Crippen LogP contribution in [-0.4, -0.2) is 49.1 Å². The second kappa shape index (κ2) is 4.77. The van der Waals surface area contributed by atoms with Gasteiger partial charge in [-0.3, -0.25) is 9.59 Å². The number of hydrogen-bond acceptors (Lipinski definition) is 4. The van der Waals surface area contributed by atoms with E-state index in [0.717, 1.165) is 0 Å². The first kappa shape index (κ1) is 13.7. The summed E-state index contributed by atoms with van der Waals surface area (Å²) in [5.74, 6) is -1.72. The number of hydrogen-bond donors (Lipinski definition) is 2. The number of carbonyl (C=O) groups excluding carboxylic acids is 2. The fourth-order valence-electron chi connectivity index (χ4n) is 2.16. The molecule has 0 amide bonds. The zero-order valence-electron chi connectivity index (χ0n) is 9.68. The van der Waals surface area contributed by atoms with Crippen molar-refractivity contribution in [2.24, 2.45) is 0 Å². The summed E-state index contributed by atoms with van der Waals surface area (Å²) in [7, 11) is 0. The fourth-order valence-corrected chi connectivity index (χ4v) is 2.16. The van der Waals surface area contributed by atoms with Crippen LogP contribution in [0.1, 0.15) is 31.8 Å². The molecule has 3 rings (SSSR count). The molecule has 0 heterocycles. The van der Waals surface area contributed by atoms with Crippen molar-refractivity contribution >= 4 is 38.9 Å². The van der Waals surface area contributed by atoms with E-state index in [-0.39, 0.29) is 49.8 Å². The van der Waals surface area contributed by atoms with Crippen LogP contribution in [-0.2, 0) is 0 Å². The number of phenolic OH excluding ortho intramolecular Hbond substituents is 2. The molecule has 0 saturated carbocycles. The van der Waals surface area contributed by atoms with Gasteiger partial charge in [0.25, 0.3) is 0 Å². The van der Waals surface area contributed by atoms with Crippen molar-refractivity contribution in [1.82, 2.24) is 0 Å². The zero-order chi connectivity index (χ0) is 12.9. The van der Waals surface area contributed by atoms with Gasteiger partial charge in [0, 0.05) is 44.0 Å². The maximum atomic E-state index is 12.2. The Kier molecular flexibility index (Phi) is 3.44. The molecule has 2 aromatic rings. The summed E-state index contributed by atoms with van der Waals surface area (Å²) < 4.78 is 0. The molecule has 0 aliphatic heterocycles. The van der Waals surface area contributed by atoms with Crippen molar-refractivity contribution in [2.75, 3.05) is 0 Å². The molecule has 0 fully saturated rings. The standard InChI is InChI=1S/C14H8O4.Pb/c15-10-6-5-9-11(14(10)18)13(17)8-4-2-1-3-7(8)12(9)16;/h1-6,15,18H;. The molecule has 0 aromatic heterocycles. The first-order valence-corrected chi connectivity index (χ1v) is 5.34. The fraction of sp³-hybridized carbons (Fsp3) is 0. The third kappa shape index (κ3) is 1.86. The first-order chi connectivity index (χ1) is 8.61. The largest absolute Gasteiger partial charge is 0.504 e. The summed E-state index contributed by atoms with van der Waals surface area (Å²) >= 11 is 0. The number of phenols is 2. The van der Waals surface area contributed by atoms with Crippen LogP contribution in [0, 0.1) is 0 Å². The number of rotatable bonds is 0. The van der Waals surface area contributed by atoms with Gasteiger partial charge in [-0.2, -0.15) is 0 Å². The van der Waals surface area contributed by atoms with E-state index in [9.17, 15) is 19.8 Å². The minimum absolute atomic E-state index is 0. The minimum Gasteiger partial charge on any atom is -0.504 e. The Balaban J connectivity index is 0.00000133. The number of carbonyl (C=O) groups is 2. The Morgan fingerprint density at radius 2 is 1.32 bits per heavy atom. The summed E-state index contributed by atoms with van der Waals surface area (Å²) in [6.07, 6.45) is 0. The summed E-state index contributed by atoms with van der Waals surface area (Å²) in [4.78, 5) is 24.4. The molecule has 4 radical (unpaired) electrons. The molecule has 0 bridgehead atoms. The van der Waals surface area contributed by atoms with Gasteiger partial charge in [0.15, 0.2) is 23.1 Å². The number of benzene rings is 2. The van der Waals surface area contributed by atoms with Crippen LogP contribution in [0.4, 0.5) is 0 Å². The van der Waals surface area contributed by atoms with Crippen LogP contribution in [0.25, 0.3) is 0 Å². The van der Waals surface area contributed by atoms with Gasteiger partial charge in [-0.15, -0.1) is 0 Å². The average molecular weight is 447 g/mol. The molecule has 0 unspecified atom stereocenters. The van der Waals surface area contributed by atoms with Crippen LogP contribution in [0.5, 0.6) is 11.5 Å². The molecule has 2 aromatic carbocycles. The normalized spacial score (nSPS) is 12.4. The molecule has 0 spiro atoms. The van der Waals surface area contributed by atoms with Crippen molar-refractivity contribution in [1.29, 1.82) is 0 Å². The van der Waals surface area contributed by atoms with Gasteiger partial charge in [0.2, 0.25) is 0 Å². The maximum absolute atomic E-state index is 12.2. The molecule has 1 aliphatic carbocycles. The summed E-state index contributed by atoms with van der Waals surface area (Å²) in [6, 6.07) is 8.97. The smallest absolute Gasteiger partial charge is 0.198 e. The van der Waals surface area contributed by atoms with Gasteiger partial charge in [-0.1, -0.05) is 24.3 Å². The Labute approximate surface area is 128 Å².